The molecule has 0 spiro atoms. The van der Waals surface area contributed by atoms with Crippen LogP contribution in [0.5, 0.6) is 0 Å². The first-order valence-electron chi connectivity index (χ1n) is 7.53. The lowest BCUT2D eigenvalue weighted by Crippen LogP contribution is -2.22. The van der Waals surface area contributed by atoms with Gasteiger partial charge in [0.15, 0.2) is 0 Å². The van der Waals surface area contributed by atoms with Gasteiger partial charge in [-0.2, -0.15) is 0 Å². The van der Waals surface area contributed by atoms with Crippen LogP contribution in [0, 0.1) is 23.7 Å². The molecule has 2 fully saturated rings. The summed E-state index contributed by atoms with van der Waals surface area (Å²) in [6, 6.07) is 0. The molecule has 0 radical (unpaired) electrons. The van der Waals surface area contributed by atoms with Crippen molar-refractivity contribution in [1.29, 1.82) is 0 Å². The average Bonchev–Trinajstić information content (AvgIpc) is 2.88. The Kier molecular flexibility index (Phi) is 4.49. The molecule has 0 aromatic heterocycles. The maximum absolute atomic E-state index is 11.6. The van der Waals surface area contributed by atoms with Crippen molar-refractivity contribution in [3.63, 3.8) is 0 Å². The first-order valence-corrected chi connectivity index (χ1v) is 7.53. The third-order valence-corrected chi connectivity index (χ3v) is 4.66. The molecule has 0 aromatic rings. The van der Waals surface area contributed by atoms with Crippen LogP contribution in [0.25, 0.3) is 0 Å². The van der Waals surface area contributed by atoms with Crippen LogP contribution in [0.1, 0.15) is 47.0 Å². The molecule has 0 N–H and O–H groups in total. The summed E-state index contributed by atoms with van der Waals surface area (Å²) < 4.78 is 5.04. The van der Waals surface area contributed by atoms with Crippen molar-refractivity contribution in [1.82, 2.24) is 0 Å². The molecule has 0 aromatic carbocycles. The van der Waals surface area contributed by atoms with E-state index in [-0.39, 0.29) is 5.97 Å². The zero-order valence-electron chi connectivity index (χ0n) is 12.6. The number of fused-ring (bicyclic) bond motifs is 2. The Bertz CT molecular complexity index is 401. The average molecular weight is 262 g/mol. The molecule has 2 aliphatic rings. The molecular weight excluding hydrogens is 236 g/mol. The second kappa shape index (κ2) is 5.94. The van der Waals surface area contributed by atoms with Gasteiger partial charge < -0.3 is 4.74 Å². The van der Waals surface area contributed by atoms with E-state index < -0.39 is 0 Å². The fourth-order valence-corrected chi connectivity index (χ4v) is 4.10. The number of carbonyl (C=O) groups is 1. The zero-order chi connectivity index (χ0) is 14.0. The van der Waals surface area contributed by atoms with Gasteiger partial charge in [-0.3, -0.25) is 0 Å². The van der Waals surface area contributed by atoms with Gasteiger partial charge in [0.1, 0.15) is 0 Å². The van der Waals surface area contributed by atoms with Crippen molar-refractivity contribution >= 4 is 5.97 Å². The number of allylic oxidation sites excluding steroid dienone is 3. The molecule has 0 aliphatic heterocycles. The Labute approximate surface area is 116 Å². The van der Waals surface area contributed by atoms with Gasteiger partial charge >= 0.3 is 5.97 Å². The highest BCUT2D eigenvalue weighted by atomic mass is 16.5. The molecule has 0 saturated heterocycles. The van der Waals surface area contributed by atoms with Gasteiger partial charge in [0.05, 0.1) is 6.61 Å². The number of rotatable bonds is 4. The van der Waals surface area contributed by atoms with Gasteiger partial charge in [-0.1, -0.05) is 17.2 Å². The minimum atomic E-state index is -0.182. The fourth-order valence-electron chi connectivity index (χ4n) is 4.10. The molecule has 2 aliphatic carbocycles. The lowest BCUT2D eigenvalue weighted by atomic mass is 9.75. The van der Waals surface area contributed by atoms with E-state index in [0.717, 1.165) is 11.8 Å². The molecule has 2 heteroatoms. The molecule has 4 atom stereocenters. The molecule has 2 bridgehead atoms. The van der Waals surface area contributed by atoms with E-state index in [1.165, 1.54) is 30.4 Å². The van der Waals surface area contributed by atoms with Gasteiger partial charge in [0.25, 0.3) is 0 Å². The van der Waals surface area contributed by atoms with Gasteiger partial charge in [0, 0.05) is 6.08 Å². The third kappa shape index (κ3) is 3.10. The Morgan fingerprint density at radius 2 is 1.89 bits per heavy atom. The number of ether oxygens (including phenoxy) is 1. The van der Waals surface area contributed by atoms with Crippen LogP contribution in [0.4, 0.5) is 0 Å². The Balaban J connectivity index is 2.17. The molecule has 0 amide bonds. The molecule has 4 unspecified atom stereocenters. The smallest absolute Gasteiger partial charge is 0.330 e. The van der Waals surface area contributed by atoms with Crippen LogP contribution < -0.4 is 0 Å². The van der Waals surface area contributed by atoms with Crippen molar-refractivity contribution in [3.8, 4) is 0 Å². The van der Waals surface area contributed by atoms with E-state index in [9.17, 15) is 4.79 Å². The van der Waals surface area contributed by atoms with Gasteiger partial charge in [0.2, 0.25) is 0 Å². The van der Waals surface area contributed by atoms with E-state index >= 15 is 0 Å². The Morgan fingerprint density at radius 1 is 1.21 bits per heavy atom. The van der Waals surface area contributed by atoms with Crippen LogP contribution in [0.15, 0.2) is 23.3 Å². The number of hydrogen-bond acceptors (Lipinski definition) is 2. The fraction of sp³-hybridized carbons (Fsp3) is 0.706. The van der Waals surface area contributed by atoms with E-state index in [1.54, 1.807) is 6.08 Å². The summed E-state index contributed by atoms with van der Waals surface area (Å²) in [6.45, 7) is 8.76. The van der Waals surface area contributed by atoms with Crippen LogP contribution >= 0.6 is 0 Å². The summed E-state index contributed by atoms with van der Waals surface area (Å²) in [5.41, 5.74) is 2.61. The largest absolute Gasteiger partial charge is 0.463 e. The van der Waals surface area contributed by atoms with Gasteiger partial charge in [-0.15, -0.1) is 0 Å². The van der Waals surface area contributed by atoms with E-state index in [4.69, 9.17) is 4.74 Å². The molecular formula is C17H26O2. The number of carbonyl (C=O) groups excluding carboxylic acids is 1. The number of hydrogen-bond donors (Lipinski definition) is 0. The first-order chi connectivity index (χ1) is 9.02. The van der Waals surface area contributed by atoms with Gasteiger partial charge in [-0.25, -0.2) is 4.79 Å². The molecule has 2 rings (SSSR count). The summed E-state index contributed by atoms with van der Waals surface area (Å²) in [6.07, 6.45) is 8.18. The lowest BCUT2D eigenvalue weighted by Gasteiger charge is -2.30. The van der Waals surface area contributed by atoms with Crippen molar-refractivity contribution in [2.24, 2.45) is 23.7 Å². The maximum atomic E-state index is 11.6. The van der Waals surface area contributed by atoms with Gasteiger partial charge in [-0.05, 0) is 70.6 Å². The normalized spacial score (nSPS) is 33.4. The summed E-state index contributed by atoms with van der Waals surface area (Å²) in [4.78, 5) is 11.6. The molecule has 0 heterocycles. The molecule has 2 nitrogen and oxygen atoms in total. The lowest BCUT2D eigenvalue weighted by molar-refractivity contribution is -0.137. The highest BCUT2D eigenvalue weighted by Crippen LogP contribution is 2.55. The summed E-state index contributed by atoms with van der Waals surface area (Å²) in [5, 5.41) is 0. The second-order valence-electron chi connectivity index (χ2n) is 6.32. The first kappa shape index (κ1) is 14.4. The third-order valence-electron chi connectivity index (χ3n) is 4.66. The van der Waals surface area contributed by atoms with Crippen molar-refractivity contribution in [2.45, 2.75) is 47.0 Å². The zero-order valence-corrected chi connectivity index (χ0v) is 12.6. The maximum Gasteiger partial charge on any atom is 0.330 e. The van der Waals surface area contributed by atoms with Crippen molar-refractivity contribution in [2.75, 3.05) is 6.61 Å². The highest BCUT2D eigenvalue weighted by molar-refractivity contribution is 5.82. The van der Waals surface area contributed by atoms with E-state index in [2.05, 4.69) is 26.8 Å². The van der Waals surface area contributed by atoms with Crippen molar-refractivity contribution < 1.29 is 9.53 Å². The summed E-state index contributed by atoms with van der Waals surface area (Å²) >= 11 is 0. The van der Waals surface area contributed by atoms with Crippen LogP contribution in [-0.2, 0) is 9.53 Å². The summed E-state index contributed by atoms with van der Waals surface area (Å²) in [7, 11) is 0. The minimum absolute atomic E-state index is 0.182. The second-order valence-corrected chi connectivity index (χ2v) is 6.32. The standard InChI is InChI=1S/C17H26O2/c1-5-19-16(18)9-12(4)17-14-7-6-13(10-14)15(17)8-11(2)3/h8-9,13-15,17H,5-7,10H2,1-4H3. The SMILES string of the molecule is CCOC(=O)C=C(C)C1C2CCC(C2)C1C=C(C)C. The molecule has 2 saturated carbocycles. The predicted molar refractivity (Wildman–Crippen MR) is 77.6 cm³/mol. The summed E-state index contributed by atoms with van der Waals surface area (Å²) in [5.74, 6) is 2.61. The highest BCUT2D eigenvalue weighted by Gasteiger charge is 2.46. The molecule has 106 valence electrons. The minimum Gasteiger partial charge on any atom is -0.463 e. The van der Waals surface area contributed by atoms with E-state index in [0.29, 0.717) is 18.4 Å². The number of esters is 1. The topological polar surface area (TPSA) is 26.3 Å². The van der Waals surface area contributed by atoms with Crippen LogP contribution in [0.2, 0.25) is 0 Å². The monoisotopic (exact) mass is 262 g/mol. The van der Waals surface area contributed by atoms with Crippen LogP contribution in [-0.4, -0.2) is 12.6 Å². The van der Waals surface area contributed by atoms with E-state index in [1.807, 2.05) is 6.92 Å². The van der Waals surface area contributed by atoms with Crippen LogP contribution in [0.3, 0.4) is 0 Å². The Hall–Kier alpha value is -1.05. The predicted octanol–water partition coefficient (Wildman–Crippen LogP) is 4.12. The Morgan fingerprint density at radius 3 is 2.53 bits per heavy atom. The van der Waals surface area contributed by atoms with Crippen molar-refractivity contribution in [3.05, 3.63) is 23.3 Å². The molecule has 19 heavy (non-hydrogen) atoms. The quantitative estimate of drug-likeness (QED) is 0.433.